The van der Waals surface area contributed by atoms with E-state index in [1.54, 1.807) is 11.3 Å². The number of hydrogen-bond acceptors (Lipinski definition) is 5. The smallest absolute Gasteiger partial charge is 0.198 e. The Kier molecular flexibility index (Phi) is 4.55. The minimum Gasteiger partial charge on any atom is -0.379 e. The molecule has 1 aliphatic rings. The molecule has 2 aromatic carbocycles. The second-order valence-corrected chi connectivity index (χ2v) is 6.64. The van der Waals surface area contributed by atoms with Crippen LogP contribution in [-0.2, 0) is 4.74 Å². The molecule has 122 valence electrons. The molecule has 1 fully saturated rings. The largest absolute Gasteiger partial charge is 0.379 e. The zero-order valence-corrected chi connectivity index (χ0v) is 14.1. The molecule has 0 spiro atoms. The monoisotopic (exact) mass is 337 g/mol. The molecule has 0 radical (unpaired) electrons. The normalized spacial score (nSPS) is 15.3. The van der Waals surface area contributed by atoms with Crippen molar-refractivity contribution in [2.45, 2.75) is 0 Å². The van der Waals surface area contributed by atoms with Crippen molar-refractivity contribution in [2.24, 2.45) is 0 Å². The Hall–Kier alpha value is -2.21. The van der Waals surface area contributed by atoms with Gasteiger partial charge in [-0.3, -0.25) is 5.43 Å². The van der Waals surface area contributed by atoms with Gasteiger partial charge in [0.2, 0.25) is 0 Å². The van der Waals surface area contributed by atoms with Gasteiger partial charge in [0.1, 0.15) is 0 Å². The summed E-state index contributed by atoms with van der Waals surface area (Å²) in [7, 11) is 0. The van der Waals surface area contributed by atoms with E-state index in [1.165, 1.54) is 10.4 Å². The summed E-state index contributed by atoms with van der Waals surface area (Å²) < 4.78 is 5.41. The van der Waals surface area contributed by atoms with Crippen LogP contribution in [0.2, 0.25) is 0 Å². The van der Waals surface area contributed by atoms with Crippen LogP contribution in [0.1, 0.15) is 0 Å². The quantitative estimate of drug-likeness (QED) is 0.776. The molecule has 0 amide bonds. The van der Waals surface area contributed by atoms with E-state index in [9.17, 15) is 0 Å². The molecule has 1 aliphatic heterocycles. The molecule has 1 aromatic heterocycles. The molecule has 0 aliphatic carbocycles. The molecule has 1 N–H and O–H groups in total. The summed E-state index contributed by atoms with van der Waals surface area (Å²) in [4.78, 5) is 6.07. The number of nitrogens with zero attached hydrogens (tertiary/aromatic N) is 2. The molecule has 0 bridgehead atoms. The fourth-order valence-electron chi connectivity index (χ4n) is 2.76. The number of hydrazine groups is 1. The Morgan fingerprint density at radius 2 is 1.50 bits per heavy atom. The van der Waals surface area contributed by atoms with E-state index in [4.69, 9.17) is 9.72 Å². The highest BCUT2D eigenvalue weighted by atomic mass is 32.1. The van der Waals surface area contributed by atoms with Crippen LogP contribution in [0, 0.1) is 0 Å². The van der Waals surface area contributed by atoms with Gasteiger partial charge in [0.05, 0.1) is 23.8 Å². The first-order chi connectivity index (χ1) is 11.9. The highest BCUT2D eigenvalue weighted by Crippen LogP contribution is 2.39. The summed E-state index contributed by atoms with van der Waals surface area (Å²) in [5.74, 6) is 0. The van der Waals surface area contributed by atoms with Crippen LogP contribution in [0.4, 0.5) is 5.13 Å². The molecule has 24 heavy (non-hydrogen) atoms. The standard InChI is InChI=1S/C19H19N3OS/c1-3-7-15(8-4-1)17-18(16-9-5-2-6-10-16)24-19(20-17)21-22-11-13-23-14-12-22/h1-10H,11-14H2,(H,20,21). The van der Waals surface area contributed by atoms with Crippen LogP contribution in [-0.4, -0.2) is 36.3 Å². The predicted octanol–water partition coefficient (Wildman–Crippen LogP) is 4.14. The first-order valence-corrected chi connectivity index (χ1v) is 8.93. The number of hydrogen-bond donors (Lipinski definition) is 1. The van der Waals surface area contributed by atoms with E-state index in [2.05, 4.69) is 59.0 Å². The van der Waals surface area contributed by atoms with Crippen LogP contribution in [0.5, 0.6) is 0 Å². The fourth-order valence-corrected chi connectivity index (χ4v) is 3.77. The summed E-state index contributed by atoms with van der Waals surface area (Å²) in [6.45, 7) is 3.27. The van der Waals surface area contributed by atoms with E-state index in [0.29, 0.717) is 0 Å². The first-order valence-electron chi connectivity index (χ1n) is 8.11. The van der Waals surface area contributed by atoms with Crippen molar-refractivity contribution in [1.82, 2.24) is 9.99 Å². The number of thiazole rings is 1. The molecule has 0 atom stereocenters. The topological polar surface area (TPSA) is 37.4 Å². The number of ether oxygens (including phenoxy) is 1. The second-order valence-electron chi connectivity index (χ2n) is 5.64. The molecule has 5 heteroatoms. The van der Waals surface area contributed by atoms with E-state index in [0.717, 1.165) is 42.7 Å². The highest BCUT2D eigenvalue weighted by Gasteiger charge is 2.17. The number of rotatable bonds is 4. The van der Waals surface area contributed by atoms with Gasteiger partial charge < -0.3 is 4.74 Å². The van der Waals surface area contributed by atoms with Gasteiger partial charge >= 0.3 is 0 Å². The Morgan fingerprint density at radius 1 is 0.875 bits per heavy atom. The number of benzene rings is 2. The summed E-state index contributed by atoms with van der Waals surface area (Å²) >= 11 is 1.70. The lowest BCUT2D eigenvalue weighted by molar-refractivity contribution is 0.0497. The lowest BCUT2D eigenvalue weighted by Gasteiger charge is -2.26. The Balaban J connectivity index is 1.70. The van der Waals surface area contributed by atoms with Crippen molar-refractivity contribution in [1.29, 1.82) is 0 Å². The molecular weight excluding hydrogens is 318 g/mol. The van der Waals surface area contributed by atoms with Crippen molar-refractivity contribution in [3.05, 3.63) is 60.7 Å². The number of aromatic nitrogens is 1. The number of anilines is 1. The number of morpholine rings is 1. The van der Waals surface area contributed by atoms with Gasteiger partial charge in [-0.15, -0.1) is 0 Å². The average Bonchev–Trinajstić information content (AvgIpc) is 3.08. The molecular formula is C19H19N3OS. The molecule has 1 saturated heterocycles. The van der Waals surface area contributed by atoms with Gasteiger partial charge in [-0.05, 0) is 5.56 Å². The third kappa shape index (κ3) is 3.33. The SMILES string of the molecule is c1ccc(-c2nc(NN3CCOCC3)sc2-c2ccccc2)cc1. The lowest BCUT2D eigenvalue weighted by atomic mass is 10.1. The van der Waals surface area contributed by atoms with Crippen molar-refractivity contribution >= 4 is 16.5 Å². The van der Waals surface area contributed by atoms with Crippen LogP contribution in [0.25, 0.3) is 21.7 Å². The van der Waals surface area contributed by atoms with E-state index in [1.807, 2.05) is 12.1 Å². The third-order valence-electron chi connectivity index (χ3n) is 3.98. The third-order valence-corrected chi connectivity index (χ3v) is 4.98. The molecule has 3 aromatic rings. The highest BCUT2D eigenvalue weighted by molar-refractivity contribution is 7.19. The van der Waals surface area contributed by atoms with Crippen LogP contribution < -0.4 is 5.43 Å². The van der Waals surface area contributed by atoms with Gasteiger partial charge in [0.15, 0.2) is 5.13 Å². The fraction of sp³-hybridized carbons (Fsp3) is 0.211. The Bertz CT molecular complexity index is 726. The minimum atomic E-state index is 0.759. The number of nitrogens with one attached hydrogen (secondary N) is 1. The van der Waals surface area contributed by atoms with Crippen molar-refractivity contribution in [2.75, 3.05) is 31.7 Å². The molecule has 2 heterocycles. The first kappa shape index (κ1) is 15.3. The Labute approximate surface area is 145 Å². The Morgan fingerprint density at radius 3 is 2.17 bits per heavy atom. The van der Waals surface area contributed by atoms with E-state index in [-0.39, 0.29) is 0 Å². The summed E-state index contributed by atoms with van der Waals surface area (Å²) in [6.07, 6.45) is 0. The molecule has 0 saturated carbocycles. The van der Waals surface area contributed by atoms with Gasteiger partial charge in [0, 0.05) is 18.7 Å². The second kappa shape index (κ2) is 7.13. The summed E-state index contributed by atoms with van der Waals surface area (Å²) in [6, 6.07) is 20.8. The van der Waals surface area contributed by atoms with Crippen molar-refractivity contribution in [3.63, 3.8) is 0 Å². The summed E-state index contributed by atoms with van der Waals surface area (Å²) in [5.41, 5.74) is 6.81. The minimum absolute atomic E-state index is 0.759. The molecule has 0 unspecified atom stereocenters. The zero-order valence-electron chi connectivity index (χ0n) is 13.3. The summed E-state index contributed by atoms with van der Waals surface area (Å²) in [5, 5.41) is 3.10. The maximum Gasteiger partial charge on any atom is 0.198 e. The molecule has 4 rings (SSSR count). The lowest BCUT2D eigenvalue weighted by Crippen LogP contribution is -2.40. The van der Waals surface area contributed by atoms with E-state index >= 15 is 0 Å². The maximum atomic E-state index is 5.41. The van der Waals surface area contributed by atoms with E-state index < -0.39 is 0 Å². The maximum absolute atomic E-state index is 5.41. The average molecular weight is 337 g/mol. The predicted molar refractivity (Wildman–Crippen MR) is 99.0 cm³/mol. The zero-order chi connectivity index (χ0) is 16.2. The van der Waals surface area contributed by atoms with Crippen LogP contribution in [0.15, 0.2) is 60.7 Å². The van der Waals surface area contributed by atoms with Crippen LogP contribution in [0.3, 0.4) is 0 Å². The molecule has 4 nitrogen and oxygen atoms in total. The van der Waals surface area contributed by atoms with Crippen LogP contribution >= 0.6 is 11.3 Å². The van der Waals surface area contributed by atoms with Gasteiger partial charge in [-0.25, -0.2) is 9.99 Å². The van der Waals surface area contributed by atoms with Crippen molar-refractivity contribution in [3.8, 4) is 21.7 Å². The van der Waals surface area contributed by atoms with Gasteiger partial charge in [0.25, 0.3) is 0 Å². The van der Waals surface area contributed by atoms with Gasteiger partial charge in [-0.2, -0.15) is 0 Å². The van der Waals surface area contributed by atoms with Crippen molar-refractivity contribution < 1.29 is 4.74 Å². The van der Waals surface area contributed by atoms with Gasteiger partial charge in [-0.1, -0.05) is 72.0 Å².